The summed E-state index contributed by atoms with van der Waals surface area (Å²) in [5.41, 5.74) is 0.391. The number of aryl methyl sites for hydroxylation is 1. The quantitative estimate of drug-likeness (QED) is 0.900. The molecule has 0 aliphatic rings. The van der Waals surface area contributed by atoms with Crippen LogP contribution in [0.3, 0.4) is 0 Å². The highest BCUT2D eigenvalue weighted by atomic mass is 19.4. The Labute approximate surface area is 99.6 Å². The Morgan fingerprint density at radius 1 is 1.44 bits per heavy atom. The first kappa shape index (κ1) is 12.4. The summed E-state index contributed by atoms with van der Waals surface area (Å²) in [6, 6.07) is 4.65. The van der Waals surface area contributed by atoms with Crippen LogP contribution in [0.25, 0.3) is 10.9 Å². The largest absolute Gasteiger partial charge is 0.476 e. The fourth-order valence-electron chi connectivity index (χ4n) is 1.86. The Morgan fingerprint density at radius 2 is 2.11 bits per heavy atom. The van der Waals surface area contributed by atoms with Crippen LogP contribution in [0.1, 0.15) is 16.1 Å². The normalized spacial score (nSPS) is 12.0. The van der Waals surface area contributed by atoms with Gasteiger partial charge in [0.05, 0.1) is 5.52 Å². The van der Waals surface area contributed by atoms with E-state index in [0.29, 0.717) is 10.2 Å². The number of fused-ring (bicyclic) bond motifs is 1. The van der Waals surface area contributed by atoms with Crippen LogP contribution in [0.15, 0.2) is 18.2 Å². The number of rotatable bonds is 2. The Morgan fingerprint density at radius 3 is 2.67 bits per heavy atom. The van der Waals surface area contributed by atoms with Crippen LogP contribution in [-0.4, -0.2) is 27.0 Å². The molecule has 0 saturated heterocycles. The first-order chi connectivity index (χ1) is 8.29. The van der Waals surface area contributed by atoms with Crippen molar-refractivity contribution in [3.63, 3.8) is 0 Å². The number of benzene rings is 1. The fraction of sp³-hybridized carbons (Fsp3) is 0.273. The highest BCUT2D eigenvalue weighted by Crippen LogP contribution is 2.25. The van der Waals surface area contributed by atoms with Gasteiger partial charge in [0, 0.05) is 5.39 Å². The third kappa shape index (κ3) is 2.15. The van der Waals surface area contributed by atoms with Crippen molar-refractivity contribution in [2.75, 3.05) is 0 Å². The Bertz CT molecular complexity index is 617. The van der Waals surface area contributed by atoms with E-state index in [0.717, 1.165) is 0 Å². The third-order valence-corrected chi connectivity index (χ3v) is 2.50. The molecule has 18 heavy (non-hydrogen) atoms. The molecule has 4 nitrogen and oxygen atoms in total. The zero-order valence-electron chi connectivity index (χ0n) is 9.32. The zero-order chi connectivity index (χ0) is 13.5. The lowest BCUT2D eigenvalue weighted by atomic mass is 10.1. The van der Waals surface area contributed by atoms with Gasteiger partial charge >= 0.3 is 12.1 Å². The monoisotopic (exact) mass is 258 g/mol. The lowest BCUT2D eigenvalue weighted by Crippen LogP contribution is -2.19. The van der Waals surface area contributed by atoms with E-state index in [9.17, 15) is 18.0 Å². The minimum atomic E-state index is -4.45. The molecule has 7 heteroatoms. The van der Waals surface area contributed by atoms with Crippen LogP contribution in [0, 0.1) is 6.92 Å². The van der Waals surface area contributed by atoms with Crippen LogP contribution < -0.4 is 0 Å². The maximum absolute atomic E-state index is 12.4. The minimum Gasteiger partial charge on any atom is -0.476 e. The molecule has 0 radical (unpaired) electrons. The number of aromatic carboxylic acids is 1. The molecule has 0 spiro atoms. The molecule has 96 valence electrons. The second-order valence-corrected chi connectivity index (χ2v) is 3.90. The number of aromatic nitrogens is 2. The van der Waals surface area contributed by atoms with Gasteiger partial charge in [-0.3, -0.25) is 4.68 Å². The fourth-order valence-corrected chi connectivity index (χ4v) is 1.86. The van der Waals surface area contributed by atoms with Crippen molar-refractivity contribution in [1.82, 2.24) is 9.78 Å². The SMILES string of the molecule is Cc1cccc2c(C(=O)O)nn(CC(F)(F)F)c12. The summed E-state index contributed by atoms with van der Waals surface area (Å²) in [4.78, 5) is 10.9. The van der Waals surface area contributed by atoms with Crippen molar-refractivity contribution in [2.24, 2.45) is 0 Å². The average molecular weight is 258 g/mol. The average Bonchev–Trinajstić information content (AvgIpc) is 2.56. The minimum absolute atomic E-state index is 0.201. The molecule has 0 amide bonds. The summed E-state index contributed by atoms with van der Waals surface area (Å²) in [5.74, 6) is -1.34. The van der Waals surface area contributed by atoms with Gasteiger partial charge in [-0.2, -0.15) is 18.3 Å². The Kier molecular flexibility index (Phi) is 2.76. The number of hydrogen-bond acceptors (Lipinski definition) is 2. The number of carboxylic acid groups (broad SMARTS) is 1. The van der Waals surface area contributed by atoms with Crippen LogP contribution >= 0.6 is 0 Å². The maximum atomic E-state index is 12.4. The summed E-state index contributed by atoms with van der Waals surface area (Å²) in [6.45, 7) is 0.310. The van der Waals surface area contributed by atoms with Crippen molar-refractivity contribution in [2.45, 2.75) is 19.6 Å². The van der Waals surface area contributed by atoms with E-state index in [1.54, 1.807) is 19.1 Å². The van der Waals surface area contributed by atoms with Crippen LogP contribution in [0.4, 0.5) is 13.2 Å². The molecule has 0 saturated carbocycles. The summed E-state index contributed by atoms with van der Waals surface area (Å²) in [7, 11) is 0. The van der Waals surface area contributed by atoms with Gasteiger partial charge in [-0.25, -0.2) is 4.79 Å². The Hall–Kier alpha value is -2.05. The summed E-state index contributed by atoms with van der Waals surface area (Å²) < 4.78 is 37.9. The standard InChI is InChI=1S/C11H9F3N2O2/c1-6-3-2-4-7-8(10(17)18)15-16(9(6)7)5-11(12,13)14/h2-4H,5H2,1H3,(H,17,18). The van der Waals surface area contributed by atoms with Gasteiger partial charge in [0.2, 0.25) is 0 Å². The van der Waals surface area contributed by atoms with E-state index in [1.165, 1.54) is 6.07 Å². The smallest absolute Gasteiger partial charge is 0.408 e. The molecule has 1 aromatic heterocycles. The van der Waals surface area contributed by atoms with Crippen molar-refractivity contribution < 1.29 is 23.1 Å². The molecule has 0 bridgehead atoms. The van der Waals surface area contributed by atoms with Crippen LogP contribution in [0.2, 0.25) is 0 Å². The molecule has 0 unspecified atom stereocenters. The van der Waals surface area contributed by atoms with Gasteiger partial charge in [0.1, 0.15) is 6.54 Å². The van der Waals surface area contributed by atoms with Gasteiger partial charge in [0.25, 0.3) is 0 Å². The summed E-state index contributed by atoms with van der Waals surface area (Å²) in [6.07, 6.45) is -4.45. The number of halogens is 3. The van der Waals surface area contributed by atoms with E-state index in [2.05, 4.69) is 5.10 Å². The lowest BCUT2D eigenvalue weighted by Gasteiger charge is -2.08. The molecule has 1 N–H and O–H groups in total. The topological polar surface area (TPSA) is 55.1 Å². The van der Waals surface area contributed by atoms with E-state index in [4.69, 9.17) is 5.11 Å². The highest BCUT2D eigenvalue weighted by molar-refractivity contribution is 6.02. The number of carboxylic acids is 1. The number of nitrogens with zero attached hydrogens (tertiary/aromatic N) is 2. The van der Waals surface area contributed by atoms with Crippen molar-refractivity contribution in [3.8, 4) is 0 Å². The maximum Gasteiger partial charge on any atom is 0.408 e. The number of hydrogen-bond donors (Lipinski definition) is 1. The van der Waals surface area contributed by atoms with Gasteiger partial charge in [-0.05, 0) is 12.5 Å². The van der Waals surface area contributed by atoms with Gasteiger partial charge in [-0.15, -0.1) is 0 Å². The molecular formula is C11H9F3N2O2. The first-order valence-corrected chi connectivity index (χ1v) is 5.06. The second kappa shape index (κ2) is 4.01. The summed E-state index contributed by atoms with van der Waals surface area (Å²) in [5, 5.41) is 12.7. The van der Waals surface area contributed by atoms with Crippen LogP contribution in [-0.2, 0) is 6.54 Å². The Balaban J connectivity index is 2.70. The summed E-state index contributed by atoms with van der Waals surface area (Å²) >= 11 is 0. The van der Waals surface area contributed by atoms with Gasteiger partial charge in [0.15, 0.2) is 5.69 Å². The zero-order valence-corrected chi connectivity index (χ0v) is 9.32. The van der Waals surface area contributed by atoms with Crippen LogP contribution in [0.5, 0.6) is 0 Å². The highest BCUT2D eigenvalue weighted by Gasteiger charge is 2.30. The van der Waals surface area contributed by atoms with Gasteiger partial charge in [-0.1, -0.05) is 18.2 Å². The second-order valence-electron chi connectivity index (χ2n) is 3.90. The molecule has 1 aromatic carbocycles. The van der Waals surface area contributed by atoms with Crippen molar-refractivity contribution in [1.29, 1.82) is 0 Å². The molecule has 0 aliphatic carbocycles. The van der Waals surface area contributed by atoms with E-state index < -0.39 is 18.7 Å². The molecule has 0 aliphatic heterocycles. The molecular weight excluding hydrogens is 249 g/mol. The predicted molar refractivity (Wildman–Crippen MR) is 57.5 cm³/mol. The number of carbonyl (C=O) groups is 1. The first-order valence-electron chi connectivity index (χ1n) is 5.06. The molecule has 1 heterocycles. The van der Waals surface area contributed by atoms with E-state index in [-0.39, 0.29) is 16.6 Å². The molecule has 0 fully saturated rings. The molecule has 2 aromatic rings. The molecule has 2 rings (SSSR count). The number of para-hydroxylation sites is 1. The third-order valence-electron chi connectivity index (χ3n) is 2.50. The van der Waals surface area contributed by atoms with E-state index >= 15 is 0 Å². The molecule has 0 atom stereocenters. The van der Waals surface area contributed by atoms with Crippen molar-refractivity contribution >= 4 is 16.9 Å². The predicted octanol–water partition coefficient (Wildman–Crippen LogP) is 2.61. The number of alkyl halides is 3. The van der Waals surface area contributed by atoms with Gasteiger partial charge < -0.3 is 5.11 Å². The van der Waals surface area contributed by atoms with Crippen molar-refractivity contribution in [3.05, 3.63) is 29.5 Å². The lowest BCUT2D eigenvalue weighted by molar-refractivity contribution is -0.141. The van der Waals surface area contributed by atoms with E-state index in [1.807, 2.05) is 0 Å².